The number of aromatic nitrogens is 1. The molecule has 1 aliphatic heterocycles. The molecule has 3 aromatic rings. The van der Waals surface area contributed by atoms with Gasteiger partial charge in [0.15, 0.2) is 16.6 Å². The summed E-state index contributed by atoms with van der Waals surface area (Å²) >= 11 is 1.24. The van der Waals surface area contributed by atoms with Crippen LogP contribution in [0, 0.1) is 10.1 Å². The van der Waals surface area contributed by atoms with Gasteiger partial charge >= 0.3 is 0 Å². The lowest BCUT2D eigenvalue weighted by molar-refractivity contribution is -0.384. The first-order valence-corrected chi connectivity index (χ1v) is 8.39. The van der Waals surface area contributed by atoms with Crippen LogP contribution in [-0.4, -0.2) is 22.6 Å². The number of hydrogen-bond donors (Lipinski definition) is 1. The van der Waals surface area contributed by atoms with Gasteiger partial charge in [0.05, 0.1) is 10.6 Å². The summed E-state index contributed by atoms with van der Waals surface area (Å²) in [5, 5.41) is 15.7. The summed E-state index contributed by atoms with van der Waals surface area (Å²) < 4.78 is 10.5. The highest BCUT2D eigenvalue weighted by atomic mass is 32.1. The van der Waals surface area contributed by atoms with Crippen LogP contribution in [0.1, 0.15) is 10.4 Å². The minimum Gasteiger partial charge on any atom is -0.454 e. The third kappa shape index (κ3) is 3.07. The summed E-state index contributed by atoms with van der Waals surface area (Å²) in [6.45, 7) is 0.138. The van der Waals surface area contributed by atoms with Crippen molar-refractivity contribution in [3.63, 3.8) is 0 Å². The van der Waals surface area contributed by atoms with Gasteiger partial charge in [-0.3, -0.25) is 20.2 Å². The van der Waals surface area contributed by atoms with Crippen molar-refractivity contribution in [1.82, 2.24) is 4.98 Å². The van der Waals surface area contributed by atoms with E-state index in [-0.39, 0.29) is 18.4 Å². The number of nitro groups is 1. The fourth-order valence-electron chi connectivity index (χ4n) is 2.45. The summed E-state index contributed by atoms with van der Waals surface area (Å²) in [6.07, 6.45) is 0. The average molecular weight is 369 g/mol. The van der Waals surface area contributed by atoms with Gasteiger partial charge in [0.25, 0.3) is 11.6 Å². The highest BCUT2D eigenvalue weighted by Gasteiger charge is 2.17. The number of amides is 1. The van der Waals surface area contributed by atoms with Crippen LogP contribution < -0.4 is 14.8 Å². The lowest BCUT2D eigenvalue weighted by Gasteiger charge is -2.03. The van der Waals surface area contributed by atoms with Crippen LogP contribution in [-0.2, 0) is 0 Å². The van der Waals surface area contributed by atoms with Gasteiger partial charge in [0.2, 0.25) is 6.79 Å². The molecule has 8 nitrogen and oxygen atoms in total. The lowest BCUT2D eigenvalue weighted by atomic mass is 10.1. The van der Waals surface area contributed by atoms with Crippen LogP contribution in [0.15, 0.2) is 47.8 Å². The Morgan fingerprint density at radius 2 is 2.04 bits per heavy atom. The fraction of sp³-hybridized carbons (Fsp3) is 0.0588. The van der Waals surface area contributed by atoms with Gasteiger partial charge in [-0.15, -0.1) is 11.3 Å². The number of carbonyl (C=O) groups excluding carboxylic acids is 1. The summed E-state index contributed by atoms with van der Waals surface area (Å²) in [5.74, 6) is 0.793. The molecule has 2 aromatic carbocycles. The second-order valence-corrected chi connectivity index (χ2v) is 6.23. The third-order valence-corrected chi connectivity index (χ3v) is 4.47. The predicted octanol–water partition coefficient (Wildman–Crippen LogP) is 3.70. The molecule has 1 aliphatic rings. The maximum absolute atomic E-state index is 12.4. The monoisotopic (exact) mass is 369 g/mol. The maximum Gasteiger partial charge on any atom is 0.270 e. The van der Waals surface area contributed by atoms with Crippen molar-refractivity contribution in [3.8, 4) is 22.8 Å². The van der Waals surface area contributed by atoms with E-state index in [1.165, 1.54) is 23.5 Å². The number of thiazole rings is 1. The predicted molar refractivity (Wildman–Crippen MR) is 94.7 cm³/mol. The standard InChI is InChI=1S/C17H11N3O5S/c21-16(11-4-5-14-15(7-11)25-9-24-14)19-17-18-13(8-26-17)10-2-1-3-12(6-10)20(22)23/h1-8H,9H2,(H,18,19,21). The summed E-state index contributed by atoms with van der Waals surface area (Å²) in [5.41, 5.74) is 1.57. The number of nitrogens with one attached hydrogen (secondary N) is 1. The van der Waals surface area contributed by atoms with Gasteiger partial charge in [-0.2, -0.15) is 0 Å². The lowest BCUT2D eigenvalue weighted by Crippen LogP contribution is -2.11. The van der Waals surface area contributed by atoms with Crippen molar-refractivity contribution in [3.05, 3.63) is 63.5 Å². The van der Waals surface area contributed by atoms with Crippen LogP contribution in [0.2, 0.25) is 0 Å². The second kappa shape index (κ2) is 6.45. The summed E-state index contributed by atoms with van der Waals surface area (Å²) in [6, 6.07) is 11.1. The molecule has 0 unspecified atom stereocenters. The van der Waals surface area contributed by atoms with E-state index in [0.717, 1.165) is 0 Å². The number of ether oxygens (including phenoxy) is 2. The topological polar surface area (TPSA) is 104 Å². The molecular weight excluding hydrogens is 358 g/mol. The number of fused-ring (bicyclic) bond motifs is 1. The van der Waals surface area contributed by atoms with E-state index in [1.807, 2.05) is 0 Å². The van der Waals surface area contributed by atoms with Crippen molar-refractivity contribution in [2.45, 2.75) is 0 Å². The molecule has 0 bridgehead atoms. The SMILES string of the molecule is O=C(Nc1nc(-c2cccc([N+](=O)[O-])c2)cs1)c1ccc2c(c1)OCO2. The van der Waals surface area contributed by atoms with E-state index < -0.39 is 4.92 Å². The van der Waals surface area contributed by atoms with Crippen LogP contribution in [0.4, 0.5) is 10.8 Å². The van der Waals surface area contributed by atoms with Crippen LogP contribution in [0.3, 0.4) is 0 Å². The first-order chi connectivity index (χ1) is 12.6. The zero-order valence-corrected chi connectivity index (χ0v) is 14.0. The van der Waals surface area contributed by atoms with E-state index in [1.54, 1.807) is 35.7 Å². The van der Waals surface area contributed by atoms with Crippen molar-refractivity contribution >= 4 is 28.1 Å². The molecule has 0 saturated carbocycles. The average Bonchev–Trinajstić information content (AvgIpc) is 3.30. The smallest absolute Gasteiger partial charge is 0.270 e. The van der Waals surface area contributed by atoms with E-state index in [0.29, 0.717) is 33.5 Å². The van der Waals surface area contributed by atoms with Crippen LogP contribution in [0.25, 0.3) is 11.3 Å². The fourth-order valence-corrected chi connectivity index (χ4v) is 3.16. The number of anilines is 1. The third-order valence-electron chi connectivity index (χ3n) is 3.71. The van der Waals surface area contributed by atoms with Gasteiger partial charge in [0.1, 0.15) is 0 Å². The van der Waals surface area contributed by atoms with Crippen molar-refractivity contribution in [2.75, 3.05) is 12.1 Å². The minimum atomic E-state index is -0.460. The van der Waals surface area contributed by atoms with Gasteiger partial charge in [0, 0.05) is 28.6 Å². The van der Waals surface area contributed by atoms with Gasteiger partial charge in [-0.25, -0.2) is 4.98 Å². The molecule has 0 aliphatic carbocycles. The maximum atomic E-state index is 12.4. The number of benzene rings is 2. The van der Waals surface area contributed by atoms with E-state index in [9.17, 15) is 14.9 Å². The largest absolute Gasteiger partial charge is 0.454 e. The zero-order chi connectivity index (χ0) is 18.1. The molecule has 2 heterocycles. The first-order valence-electron chi connectivity index (χ1n) is 7.51. The van der Waals surface area contributed by atoms with Crippen molar-refractivity contribution in [1.29, 1.82) is 0 Å². The number of nitro benzene ring substituents is 1. The van der Waals surface area contributed by atoms with Crippen LogP contribution >= 0.6 is 11.3 Å². The molecule has 1 aromatic heterocycles. The Balaban J connectivity index is 1.52. The number of rotatable bonds is 4. The summed E-state index contributed by atoms with van der Waals surface area (Å²) in [4.78, 5) is 27.1. The van der Waals surface area contributed by atoms with Gasteiger partial charge < -0.3 is 9.47 Å². The Morgan fingerprint density at radius 3 is 2.88 bits per heavy atom. The molecule has 1 N–H and O–H groups in total. The molecule has 0 saturated heterocycles. The molecular formula is C17H11N3O5S. The van der Waals surface area contributed by atoms with Crippen LogP contribution in [0.5, 0.6) is 11.5 Å². The Hall–Kier alpha value is -3.46. The number of hydrogen-bond acceptors (Lipinski definition) is 7. The Labute approximate surface area is 151 Å². The van der Waals surface area contributed by atoms with Crippen molar-refractivity contribution < 1.29 is 19.2 Å². The zero-order valence-electron chi connectivity index (χ0n) is 13.2. The molecule has 0 atom stereocenters. The highest BCUT2D eigenvalue weighted by Crippen LogP contribution is 2.33. The molecule has 0 radical (unpaired) electrons. The number of carbonyl (C=O) groups is 1. The van der Waals surface area contributed by atoms with Gasteiger partial charge in [-0.1, -0.05) is 12.1 Å². The molecule has 1 amide bonds. The van der Waals surface area contributed by atoms with E-state index in [4.69, 9.17) is 9.47 Å². The molecule has 0 spiro atoms. The molecule has 26 heavy (non-hydrogen) atoms. The quantitative estimate of drug-likeness (QED) is 0.555. The molecule has 0 fully saturated rings. The first kappa shape index (κ1) is 16.0. The Kier molecular flexibility index (Phi) is 3.98. The number of non-ortho nitro benzene ring substituents is 1. The minimum absolute atomic E-state index is 0.0126. The normalized spacial score (nSPS) is 12.0. The Morgan fingerprint density at radius 1 is 1.19 bits per heavy atom. The van der Waals surface area contributed by atoms with Crippen molar-refractivity contribution in [2.24, 2.45) is 0 Å². The molecule has 9 heteroatoms. The number of nitrogens with zero attached hydrogens (tertiary/aromatic N) is 2. The van der Waals surface area contributed by atoms with Gasteiger partial charge in [-0.05, 0) is 18.2 Å². The summed E-state index contributed by atoms with van der Waals surface area (Å²) in [7, 11) is 0. The highest BCUT2D eigenvalue weighted by molar-refractivity contribution is 7.14. The molecule has 4 rings (SSSR count). The second-order valence-electron chi connectivity index (χ2n) is 5.37. The molecule has 130 valence electrons. The van der Waals surface area contributed by atoms with E-state index in [2.05, 4.69) is 10.3 Å². The Bertz CT molecular complexity index is 1020. The van der Waals surface area contributed by atoms with E-state index >= 15 is 0 Å².